The van der Waals surface area contributed by atoms with Crippen LogP contribution in [0.15, 0.2) is 0 Å². The van der Waals surface area contributed by atoms with Gasteiger partial charge in [-0.25, -0.2) is 0 Å². The molecule has 2 aliphatic heterocycles. The number of nitrogens with one attached hydrogen (secondary N) is 1. The van der Waals surface area contributed by atoms with Crippen molar-refractivity contribution in [3.8, 4) is 17.2 Å². The summed E-state index contributed by atoms with van der Waals surface area (Å²) < 4.78 is 16.8. The number of benzene rings is 1. The Morgan fingerprint density at radius 2 is 1.91 bits per heavy atom. The smallest absolute Gasteiger partial charge is 0.231 e. The Hall–Kier alpha value is -1.95. The van der Waals surface area contributed by atoms with Gasteiger partial charge in [0.15, 0.2) is 11.5 Å². The van der Waals surface area contributed by atoms with Gasteiger partial charge in [0.2, 0.25) is 18.4 Å². The van der Waals surface area contributed by atoms with Crippen LogP contribution < -0.4 is 19.5 Å². The van der Waals surface area contributed by atoms with E-state index in [0.29, 0.717) is 17.2 Å². The van der Waals surface area contributed by atoms with E-state index in [4.69, 9.17) is 14.2 Å². The van der Waals surface area contributed by atoms with Gasteiger partial charge in [0.05, 0.1) is 12.8 Å². The molecule has 0 fully saturated rings. The quantitative estimate of drug-likeness (QED) is 0.907. The van der Waals surface area contributed by atoms with E-state index in [0.717, 1.165) is 36.3 Å². The minimum absolute atomic E-state index is 0.0403. The van der Waals surface area contributed by atoms with Crippen molar-refractivity contribution in [1.29, 1.82) is 0 Å². The van der Waals surface area contributed by atoms with Crippen molar-refractivity contribution in [3.63, 3.8) is 0 Å². The molecule has 0 unspecified atom stereocenters. The topological polar surface area (TPSA) is 60.0 Å². The number of methoxy groups -OCH3 is 1. The predicted octanol–water partition coefficient (Wildman–Crippen LogP) is 2.40. The molecule has 1 aromatic carbocycles. The molecule has 126 valence electrons. The molecule has 0 radical (unpaired) electrons. The van der Waals surface area contributed by atoms with Gasteiger partial charge < -0.3 is 24.4 Å². The van der Waals surface area contributed by atoms with Gasteiger partial charge in [0.1, 0.15) is 0 Å². The third-order valence-corrected chi connectivity index (χ3v) is 4.28. The van der Waals surface area contributed by atoms with Crippen LogP contribution in [0.3, 0.4) is 0 Å². The number of fused-ring (bicyclic) bond motifs is 2. The molecule has 1 N–H and O–H groups in total. The van der Waals surface area contributed by atoms with E-state index >= 15 is 0 Å². The number of rotatable bonds is 2. The maximum absolute atomic E-state index is 12.5. The number of hydrogen-bond acceptors (Lipinski definition) is 5. The van der Waals surface area contributed by atoms with E-state index in [9.17, 15) is 4.79 Å². The van der Waals surface area contributed by atoms with Crippen LogP contribution in [0.4, 0.5) is 5.69 Å². The molecule has 0 atom stereocenters. The number of carbonyl (C=O) groups excluding carboxylic acids is 1. The molecule has 0 aliphatic carbocycles. The lowest BCUT2D eigenvalue weighted by Crippen LogP contribution is -2.31. The number of anilines is 1. The first-order valence-corrected chi connectivity index (χ1v) is 7.84. The first-order valence-electron chi connectivity index (χ1n) is 7.84. The van der Waals surface area contributed by atoms with Gasteiger partial charge in [-0.15, -0.1) is 0 Å². The summed E-state index contributed by atoms with van der Waals surface area (Å²) in [6, 6.07) is 0. The predicted molar refractivity (Wildman–Crippen MR) is 87.2 cm³/mol. The highest BCUT2D eigenvalue weighted by molar-refractivity contribution is 5.98. The van der Waals surface area contributed by atoms with Crippen molar-refractivity contribution < 1.29 is 19.0 Å². The molecule has 0 spiro atoms. The zero-order valence-electron chi connectivity index (χ0n) is 14.4. The van der Waals surface area contributed by atoms with E-state index in [2.05, 4.69) is 17.3 Å². The molecule has 1 amide bonds. The van der Waals surface area contributed by atoms with Crippen molar-refractivity contribution in [1.82, 2.24) is 4.90 Å². The molecule has 0 aromatic heterocycles. The molecule has 0 bridgehead atoms. The van der Waals surface area contributed by atoms with Crippen molar-refractivity contribution in [3.05, 3.63) is 11.1 Å². The Morgan fingerprint density at radius 3 is 2.57 bits per heavy atom. The first-order chi connectivity index (χ1) is 10.8. The van der Waals surface area contributed by atoms with Crippen LogP contribution in [-0.2, 0) is 17.8 Å². The number of hydrogen-bond donors (Lipinski definition) is 1. The zero-order valence-corrected chi connectivity index (χ0v) is 14.4. The summed E-state index contributed by atoms with van der Waals surface area (Å²) in [5.74, 6) is 1.85. The largest absolute Gasteiger partial charge is 0.492 e. The van der Waals surface area contributed by atoms with E-state index in [-0.39, 0.29) is 12.7 Å². The minimum Gasteiger partial charge on any atom is -0.492 e. The number of ether oxygens (including phenoxy) is 3. The molecule has 1 aromatic rings. The zero-order chi connectivity index (χ0) is 16.8. The number of carbonyl (C=O) groups is 1. The molecule has 3 rings (SSSR count). The summed E-state index contributed by atoms with van der Waals surface area (Å²) in [7, 11) is 3.71. The molecule has 6 heteroatoms. The fraction of sp³-hybridized carbons (Fsp3) is 0.588. The SMILES string of the molecule is COc1c2c(c(NC(=O)C(C)(C)C)c3c1OCO3)CCN(C)C2. The minimum atomic E-state index is -0.482. The highest BCUT2D eigenvalue weighted by atomic mass is 16.7. The molecular weight excluding hydrogens is 296 g/mol. The van der Waals surface area contributed by atoms with E-state index < -0.39 is 5.41 Å². The van der Waals surface area contributed by atoms with Crippen LogP contribution in [0, 0.1) is 5.41 Å². The van der Waals surface area contributed by atoms with Gasteiger partial charge in [-0.3, -0.25) is 4.79 Å². The van der Waals surface area contributed by atoms with Crippen molar-refractivity contribution in [2.75, 3.05) is 32.8 Å². The van der Waals surface area contributed by atoms with Gasteiger partial charge in [0.25, 0.3) is 0 Å². The molecule has 23 heavy (non-hydrogen) atoms. The first kappa shape index (κ1) is 15.9. The third-order valence-electron chi connectivity index (χ3n) is 4.28. The Balaban J connectivity index is 2.14. The van der Waals surface area contributed by atoms with E-state index in [1.807, 2.05) is 20.8 Å². The standard InChI is InChI=1S/C17H24N2O4/c1-17(2,3)16(20)18-12-10-6-7-19(4)8-11(10)13(21-5)15-14(12)22-9-23-15/h6-9H2,1-5H3,(H,18,20). The summed E-state index contributed by atoms with van der Waals surface area (Å²) in [5, 5.41) is 3.06. The summed E-state index contributed by atoms with van der Waals surface area (Å²) in [6.45, 7) is 7.50. The van der Waals surface area contributed by atoms with Gasteiger partial charge in [-0.1, -0.05) is 20.8 Å². The second-order valence-electron chi connectivity index (χ2n) is 7.12. The molecular formula is C17H24N2O4. The van der Waals surface area contributed by atoms with Gasteiger partial charge >= 0.3 is 0 Å². The highest BCUT2D eigenvalue weighted by Crippen LogP contribution is 2.52. The van der Waals surface area contributed by atoms with Crippen LogP contribution in [0.5, 0.6) is 17.2 Å². The molecule has 6 nitrogen and oxygen atoms in total. The lowest BCUT2D eigenvalue weighted by molar-refractivity contribution is -0.123. The lowest BCUT2D eigenvalue weighted by Gasteiger charge is -2.30. The van der Waals surface area contributed by atoms with Gasteiger partial charge in [-0.2, -0.15) is 0 Å². The Bertz CT molecular complexity index is 649. The third kappa shape index (κ3) is 2.72. The summed E-state index contributed by atoms with van der Waals surface area (Å²) in [4.78, 5) is 14.7. The number of likely N-dealkylation sites (N-methyl/N-ethyl adjacent to an activating group) is 1. The molecule has 2 heterocycles. The van der Waals surface area contributed by atoms with E-state index in [1.165, 1.54) is 0 Å². The van der Waals surface area contributed by atoms with Crippen LogP contribution in [0.1, 0.15) is 31.9 Å². The Morgan fingerprint density at radius 1 is 1.22 bits per heavy atom. The fourth-order valence-electron chi connectivity index (χ4n) is 2.94. The highest BCUT2D eigenvalue weighted by Gasteiger charge is 2.34. The van der Waals surface area contributed by atoms with Crippen LogP contribution in [0.2, 0.25) is 0 Å². The fourth-order valence-corrected chi connectivity index (χ4v) is 2.94. The second-order valence-corrected chi connectivity index (χ2v) is 7.12. The van der Waals surface area contributed by atoms with Crippen molar-refractivity contribution in [2.45, 2.75) is 33.7 Å². The second kappa shape index (κ2) is 5.60. The summed E-state index contributed by atoms with van der Waals surface area (Å²) >= 11 is 0. The van der Waals surface area contributed by atoms with Crippen LogP contribution in [0.25, 0.3) is 0 Å². The lowest BCUT2D eigenvalue weighted by atomic mass is 9.92. The number of nitrogens with zero attached hydrogens (tertiary/aromatic N) is 1. The molecule has 2 aliphatic rings. The Labute approximate surface area is 136 Å². The van der Waals surface area contributed by atoms with Crippen LogP contribution in [-0.4, -0.2) is 38.3 Å². The molecule has 0 saturated heterocycles. The maximum atomic E-state index is 12.5. The average Bonchev–Trinajstić information content (AvgIpc) is 2.95. The monoisotopic (exact) mass is 320 g/mol. The Kier molecular flexibility index (Phi) is 3.88. The van der Waals surface area contributed by atoms with Crippen molar-refractivity contribution >= 4 is 11.6 Å². The van der Waals surface area contributed by atoms with Gasteiger partial charge in [0, 0.05) is 24.1 Å². The number of amides is 1. The summed E-state index contributed by atoms with van der Waals surface area (Å²) in [5.41, 5.74) is 2.41. The maximum Gasteiger partial charge on any atom is 0.231 e. The van der Waals surface area contributed by atoms with Crippen LogP contribution >= 0.6 is 0 Å². The van der Waals surface area contributed by atoms with E-state index in [1.54, 1.807) is 7.11 Å². The van der Waals surface area contributed by atoms with Gasteiger partial charge in [-0.05, 0) is 19.0 Å². The molecule has 0 saturated carbocycles. The average molecular weight is 320 g/mol. The van der Waals surface area contributed by atoms with Crippen molar-refractivity contribution in [2.24, 2.45) is 5.41 Å². The summed E-state index contributed by atoms with van der Waals surface area (Å²) in [6.07, 6.45) is 0.832. The normalized spacial score (nSPS) is 16.9.